The van der Waals surface area contributed by atoms with Crippen molar-refractivity contribution in [2.24, 2.45) is 5.73 Å². The molecule has 1 amide bonds. The Morgan fingerprint density at radius 1 is 1.09 bits per heavy atom. The number of nitrogens with zero attached hydrogens (tertiary/aromatic N) is 4. The summed E-state index contributed by atoms with van der Waals surface area (Å²) in [4.78, 5) is 21.9. The molecule has 3 aromatic rings. The second-order valence-electron chi connectivity index (χ2n) is 8.19. The third-order valence-electron chi connectivity index (χ3n) is 5.68. The van der Waals surface area contributed by atoms with Crippen LogP contribution in [-0.2, 0) is 30.5 Å². The molecule has 0 unspecified atom stereocenters. The number of pyridine rings is 1. The summed E-state index contributed by atoms with van der Waals surface area (Å²) in [6.07, 6.45) is -3.93. The summed E-state index contributed by atoms with van der Waals surface area (Å²) < 4.78 is 82.3. The van der Waals surface area contributed by atoms with Crippen LogP contribution in [0.25, 0.3) is 11.3 Å². The number of rotatable bonds is 5. The van der Waals surface area contributed by atoms with E-state index >= 15 is 0 Å². The van der Waals surface area contributed by atoms with Crippen LogP contribution in [0, 0.1) is 17.5 Å². The van der Waals surface area contributed by atoms with Gasteiger partial charge in [0.1, 0.15) is 11.6 Å². The molecule has 0 fully saturated rings. The van der Waals surface area contributed by atoms with E-state index < -0.39 is 41.4 Å². The summed E-state index contributed by atoms with van der Waals surface area (Å²) in [5.41, 5.74) is 11.8. The van der Waals surface area contributed by atoms with Gasteiger partial charge in [-0.15, -0.1) is 0 Å². The number of anilines is 1. The van der Waals surface area contributed by atoms with E-state index in [1.165, 1.54) is 23.2 Å². The molecule has 0 aliphatic carbocycles. The fourth-order valence-corrected chi connectivity index (χ4v) is 4.00. The van der Waals surface area contributed by atoms with Gasteiger partial charge in [-0.3, -0.25) is 4.79 Å². The highest BCUT2D eigenvalue weighted by Crippen LogP contribution is 2.36. The van der Waals surface area contributed by atoms with E-state index in [1.54, 1.807) is 0 Å². The molecule has 1 aliphatic rings. The Morgan fingerprint density at radius 2 is 1.80 bits per heavy atom. The van der Waals surface area contributed by atoms with Crippen molar-refractivity contribution in [1.29, 1.82) is 0 Å². The molecule has 0 saturated carbocycles. The van der Waals surface area contributed by atoms with Gasteiger partial charge < -0.3 is 20.9 Å². The first-order valence-corrected chi connectivity index (χ1v) is 10.5. The standard InChI is InChI=1S/C22H20F6N6O/c23-14-8-16(25)15(24)6-12(14)5-13(29)7-19(35)33-3-4-34-17(10-33)20(32-21(34)22(26,27)28)11-1-2-18(30)31-9-11/h1-2,6,8-9,13H,3-5,7,10,29H2,(H2,30,31)/t13-/m1/s1. The molecule has 4 rings (SSSR count). The number of carbonyl (C=O) groups is 1. The van der Waals surface area contributed by atoms with Gasteiger partial charge >= 0.3 is 6.18 Å². The summed E-state index contributed by atoms with van der Waals surface area (Å²) in [6, 6.07) is 3.06. The highest BCUT2D eigenvalue weighted by molar-refractivity contribution is 5.77. The minimum absolute atomic E-state index is 0.0236. The Balaban J connectivity index is 1.54. The molecule has 2 aromatic heterocycles. The first kappa shape index (κ1) is 24.5. The molecule has 0 bridgehead atoms. The lowest BCUT2D eigenvalue weighted by Crippen LogP contribution is -2.42. The summed E-state index contributed by atoms with van der Waals surface area (Å²) in [5, 5.41) is 0. The van der Waals surface area contributed by atoms with E-state index in [4.69, 9.17) is 11.5 Å². The average molecular weight is 498 g/mol. The maximum atomic E-state index is 13.9. The first-order chi connectivity index (χ1) is 16.4. The fourth-order valence-electron chi connectivity index (χ4n) is 4.00. The summed E-state index contributed by atoms with van der Waals surface area (Å²) >= 11 is 0. The van der Waals surface area contributed by atoms with Crippen molar-refractivity contribution in [2.45, 2.75) is 38.1 Å². The maximum absolute atomic E-state index is 13.9. The van der Waals surface area contributed by atoms with Crippen molar-refractivity contribution in [3.05, 3.63) is 65.0 Å². The number of amides is 1. The molecule has 0 saturated heterocycles. The Morgan fingerprint density at radius 3 is 2.46 bits per heavy atom. The predicted octanol–water partition coefficient (Wildman–Crippen LogP) is 3.27. The van der Waals surface area contributed by atoms with Crippen LogP contribution in [-0.4, -0.2) is 37.9 Å². The number of alkyl halides is 3. The minimum Gasteiger partial charge on any atom is -0.384 e. The average Bonchev–Trinajstić information content (AvgIpc) is 3.17. The molecule has 0 radical (unpaired) electrons. The van der Waals surface area contributed by atoms with Crippen LogP contribution < -0.4 is 11.5 Å². The summed E-state index contributed by atoms with van der Waals surface area (Å²) in [6.45, 7) is -0.358. The monoisotopic (exact) mass is 498 g/mol. The predicted molar refractivity (Wildman–Crippen MR) is 113 cm³/mol. The lowest BCUT2D eigenvalue weighted by molar-refractivity contribution is -0.148. The van der Waals surface area contributed by atoms with E-state index in [1.807, 2.05) is 0 Å². The number of hydrogen-bond donors (Lipinski definition) is 2. The topological polar surface area (TPSA) is 103 Å². The zero-order chi connectivity index (χ0) is 25.5. The third kappa shape index (κ3) is 5.09. The first-order valence-electron chi connectivity index (χ1n) is 10.5. The number of aromatic nitrogens is 3. The van der Waals surface area contributed by atoms with Crippen LogP contribution in [0.4, 0.5) is 32.2 Å². The molecule has 1 aliphatic heterocycles. The van der Waals surface area contributed by atoms with E-state index in [0.717, 1.165) is 4.57 Å². The molecule has 1 atom stereocenters. The maximum Gasteiger partial charge on any atom is 0.449 e. The van der Waals surface area contributed by atoms with Crippen molar-refractivity contribution in [2.75, 3.05) is 12.3 Å². The number of benzene rings is 1. The van der Waals surface area contributed by atoms with Crippen LogP contribution in [0.15, 0.2) is 30.5 Å². The van der Waals surface area contributed by atoms with Crippen molar-refractivity contribution < 1.29 is 31.1 Å². The Bertz CT molecular complexity index is 1260. The fraction of sp³-hybridized carbons (Fsp3) is 0.318. The lowest BCUT2D eigenvalue weighted by atomic mass is 10.0. The number of hydrogen-bond acceptors (Lipinski definition) is 5. The largest absolute Gasteiger partial charge is 0.449 e. The van der Waals surface area contributed by atoms with Crippen molar-refractivity contribution in [3.63, 3.8) is 0 Å². The zero-order valence-corrected chi connectivity index (χ0v) is 18.1. The van der Waals surface area contributed by atoms with Gasteiger partial charge in [0.15, 0.2) is 11.6 Å². The third-order valence-corrected chi connectivity index (χ3v) is 5.68. The second kappa shape index (κ2) is 9.21. The number of halogens is 6. The van der Waals surface area contributed by atoms with E-state index in [-0.39, 0.29) is 55.2 Å². The molecule has 186 valence electrons. The van der Waals surface area contributed by atoms with Gasteiger partial charge in [-0.2, -0.15) is 13.2 Å². The summed E-state index contributed by atoms with van der Waals surface area (Å²) in [7, 11) is 0. The van der Waals surface area contributed by atoms with Crippen LogP contribution in [0.2, 0.25) is 0 Å². The Hall–Kier alpha value is -3.61. The number of carbonyl (C=O) groups excluding carboxylic acids is 1. The van der Waals surface area contributed by atoms with Gasteiger partial charge in [0, 0.05) is 43.4 Å². The number of fused-ring (bicyclic) bond motifs is 1. The van der Waals surface area contributed by atoms with E-state index in [0.29, 0.717) is 17.7 Å². The SMILES string of the molecule is Nc1ccc(-c2nc(C(F)(F)F)n3c2CN(C(=O)C[C@H](N)Cc2cc(F)c(F)cc2F)CC3)cn1. The van der Waals surface area contributed by atoms with Gasteiger partial charge in [0.05, 0.1) is 17.9 Å². The van der Waals surface area contributed by atoms with E-state index in [9.17, 15) is 31.1 Å². The van der Waals surface area contributed by atoms with Crippen LogP contribution >= 0.6 is 0 Å². The molecule has 1 aromatic carbocycles. The van der Waals surface area contributed by atoms with Gasteiger partial charge in [0.25, 0.3) is 0 Å². The number of imidazole rings is 1. The number of nitrogen functional groups attached to an aromatic ring is 1. The van der Waals surface area contributed by atoms with Gasteiger partial charge in [0.2, 0.25) is 11.7 Å². The molecule has 3 heterocycles. The van der Waals surface area contributed by atoms with Crippen LogP contribution in [0.3, 0.4) is 0 Å². The molecule has 7 nitrogen and oxygen atoms in total. The van der Waals surface area contributed by atoms with Crippen molar-refractivity contribution in [1.82, 2.24) is 19.4 Å². The van der Waals surface area contributed by atoms with E-state index in [2.05, 4.69) is 9.97 Å². The molecule has 4 N–H and O–H groups in total. The Labute approximate surface area is 195 Å². The molecule has 13 heteroatoms. The van der Waals surface area contributed by atoms with Gasteiger partial charge in [-0.1, -0.05) is 0 Å². The highest BCUT2D eigenvalue weighted by Gasteiger charge is 2.41. The highest BCUT2D eigenvalue weighted by atomic mass is 19.4. The second-order valence-corrected chi connectivity index (χ2v) is 8.19. The lowest BCUT2D eigenvalue weighted by Gasteiger charge is -2.30. The van der Waals surface area contributed by atoms with Gasteiger partial charge in [-0.25, -0.2) is 23.1 Å². The smallest absolute Gasteiger partial charge is 0.384 e. The quantitative estimate of drug-likeness (QED) is 0.415. The van der Waals surface area contributed by atoms with Crippen LogP contribution in [0.5, 0.6) is 0 Å². The Kier molecular flexibility index (Phi) is 6.45. The molecule has 0 spiro atoms. The zero-order valence-electron chi connectivity index (χ0n) is 18.1. The normalized spacial score (nSPS) is 14.7. The van der Waals surface area contributed by atoms with Crippen molar-refractivity contribution in [3.8, 4) is 11.3 Å². The molecular formula is C22H20F6N6O. The van der Waals surface area contributed by atoms with Crippen LogP contribution in [0.1, 0.15) is 23.5 Å². The molecule has 35 heavy (non-hydrogen) atoms. The molecular weight excluding hydrogens is 478 g/mol. The van der Waals surface area contributed by atoms with Crippen molar-refractivity contribution >= 4 is 11.7 Å². The number of nitrogens with two attached hydrogens (primary N) is 2. The minimum atomic E-state index is -4.71. The van der Waals surface area contributed by atoms with Gasteiger partial charge in [-0.05, 0) is 30.2 Å². The summed E-state index contributed by atoms with van der Waals surface area (Å²) in [5.74, 6) is -4.96.